The van der Waals surface area contributed by atoms with Crippen LogP contribution in [0, 0.1) is 0 Å². The molecule has 0 saturated carbocycles. The third-order valence-electron chi connectivity index (χ3n) is 4.33. The lowest BCUT2D eigenvalue weighted by Crippen LogP contribution is -2.38. The minimum atomic E-state index is -0.333. The summed E-state index contributed by atoms with van der Waals surface area (Å²) in [5.74, 6) is 0.716. The Morgan fingerprint density at radius 1 is 1.19 bits per heavy atom. The van der Waals surface area contributed by atoms with E-state index in [2.05, 4.69) is 22.4 Å². The van der Waals surface area contributed by atoms with E-state index in [1.54, 1.807) is 6.20 Å². The summed E-state index contributed by atoms with van der Waals surface area (Å²) in [5, 5.41) is 3.76. The van der Waals surface area contributed by atoms with Gasteiger partial charge in [0.15, 0.2) is 0 Å². The van der Waals surface area contributed by atoms with Gasteiger partial charge in [0.1, 0.15) is 11.9 Å². The molecule has 1 aromatic heterocycles. The predicted molar refractivity (Wildman–Crippen MR) is 107 cm³/mol. The van der Waals surface area contributed by atoms with Crippen LogP contribution in [0.2, 0.25) is 5.02 Å². The Morgan fingerprint density at radius 2 is 1.89 bits per heavy atom. The highest BCUT2D eigenvalue weighted by Crippen LogP contribution is 2.22. The van der Waals surface area contributed by atoms with E-state index in [0.29, 0.717) is 18.1 Å². The molecular formula is C21H23ClN4O. The first-order chi connectivity index (χ1) is 13.0. The fourth-order valence-corrected chi connectivity index (χ4v) is 3.14. The number of hydrogen-bond acceptors (Lipinski definition) is 3. The minimum Gasteiger partial charge on any atom is -0.341 e. The SMILES string of the molecule is CN(CC(=O)NC(c1ccc(Cl)cc1)c1nccn1C)Cc1ccccc1. The number of carbonyl (C=O) groups is 1. The molecule has 1 heterocycles. The topological polar surface area (TPSA) is 50.2 Å². The molecule has 0 aliphatic rings. The van der Waals surface area contributed by atoms with E-state index in [0.717, 1.165) is 11.4 Å². The zero-order valence-electron chi connectivity index (χ0n) is 15.5. The van der Waals surface area contributed by atoms with Crippen molar-refractivity contribution in [2.75, 3.05) is 13.6 Å². The molecule has 0 aliphatic carbocycles. The average Bonchev–Trinajstić information content (AvgIpc) is 3.07. The highest BCUT2D eigenvalue weighted by molar-refractivity contribution is 6.30. The largest absolute Gasteiger partial charge is 0.341 e. The summed E-state index contributed by atoms with van der Waals surface area (Å²) in [7, 11) is 3.85. The zero-order chi connectivity index (χ0) is 19.2. The molecule has 0 saturated heterocycles. The van der Waals surface area contributed by atoms with Gasteiger partial charge in [-0.15, -0.1) is 0 Å². The Labute approximate surface area is 164 Å². The molecule has 6 heteroatoms. The Bertz CT molecular complexity index is 877. The van der Waals surface area contributed by atoms with Gasteiger partial charge in [-0.05, 0) is 30.3 Å². The predicted octanol–water partition coefficient (Wildman–Crippen LogP) is 3.41. The molecule has 1 amide bonds. The molecule has 3 aromatic rings. The van der Waals surface area contributed by atoms with Crippen LogP contribution in [-0.2, 0) is 18.4 Å². The monoisotopic (exact) mass is 382 g/mol. The third kappa shape index (κ3) is 5.18. The van der Waals surface area contributed by atoms with Crippen LogP contribution < -0.4 is 5.32 Å². The minimum absolute atomic E-state index is 0.0589. The highest BCUT2D eigenvalue weighted by Gasteiger charge is 2.21. The van der Waals surface area contributed by atoms with Crippen molar-refractivity contribution in [1.29, 1.82) is 0 Å². The maximum absolute atomic E-state index is 12.7. The van der Waals surface area contributed by atoms with Crippen molar-refractivity contribution in [2.45, 2.75) is 12.6 Å². The molecular weight excluding hydrogens is 360 g/mol. The van der Waals surface area contributed by atoms with Crippen LogP contribution >= 0.6 is 11.6 Å². The molecule has 0 spiro atoms. The maximum atomic E-state index is 12.7. The molecule has 5 nitrogen and oxygen atoms in total. The quantitative estimate of drug-likeness (QED) is 0.681. The number of halogens is 1. The van der Waals surface area contributed by atoms with Gasteiger partial charge in [0, 0.05) is 31.0 Å². The normalized spacial score (nSPS) is 12.1. The fourth-order valence-electron chi connectivity index (χ4n) is 3.01. The second-order valence-electron chi connectivity index (χ2n) is 6.61. The molecule has 27 heavy (non-hydrogen) atoms. The summed E-state index contributed by atoms with van der Waals surface area (Å²) in [6, 6.07) is 17.2. The summed E-state index contributed by atoms with van der Waals surface area (Å²) in [6.45, 7) is 1.01. The zero-order valence-corrected chi connectivity index (χ0v) is 16.2. The lowest BCUT2D eigenvalue weighted by Gasteiger charge is -2.22. The number of nitrogens with one attached hydrogen (secondary N) is 1. The number of nitrogens with zero attached hydrogens (tertiary/aromatic N) is 3. The smallest absolute Gasteiger partial charge is 0.235 e. The van der Waals surface area contributed by atoms with Gasteiger partial charge in [0.2, 0.25) is 5.91 Å². The van der Waals surface area contributed by atoms with Gasteiger partial charge in [-0.1, -0.05) is 54.1 Å². The van der Waals surface area contributed by atoms with Crippen molar-refractivity contribution in [3.05, 3.63) is 89.0 Å². The number of rotatable bonds is 7. The van der Waals surface area contributed by atoms with Crippen molar-refractivity contribution >= 4 is 17.5 Å². The summed E-state index contributed by atoms with van der Waals surface area (Å²) >= 11 is 6.01. The summed E-state index contributed by atoms with van der Waals surface area (Å²) in [6.07, 6.45) is 3.60. The lowest BCUT2D eigenvalue weighted by molar-refractivity contribution is -0.122. The van der Waals surface area contributed by atoms with Gasteiger partial charge in [-0.25, -0.2) is 4.98 Å². The van der Waals surface area contributed by atoms with Gasteiger partial charge < -0.3 is 9.88 Å². The number of hydrogen-bond donors (Lipinski definition) is 1. The Morgan fingerprint density at radius 3 is 2.52 bits per heavy atom. The van der Waals surface area contributed by atoms with Crippen molar-refractivity contribution in [1.82, 2.24) is 19.8 Å². The van der Waals surface area contributed by atoms with Crippen molar-refractivity contribution < 1.29 is 4.79 Å². The van der Waals surface area contributed by atoms with E-state index < -0.39 is 0 Å². The summed E-state index contributed by atoms with van der Waals surface area (Å²) in [5.41, 5.74) is 2.11. The Kier molecular flexibility index (Phi) is 6.27. The second kappa shape index (κ2) is 8.84. The van der Waals surface area contributed by atoms with Gasteiger partial charge in [0.25, 0.3) is 0 Å². The first-order valence-electron chi connectivity index (χ1n) is 8.77. The van der Waals surface area contributed by atoms with E-state index in [9.17, 15) is 4.79 Å². The van der Waals surface area contributed by atoms with Gasteiger partial charge in [0.05, 0.1) is 6.54 Å². The Hall–Kier alpha value is -2.63. The van der Waals surface area contributed by atoms with Crippen LogP contribution in [0.4, 0.5) is 0 Å². The van der Waals surface area contributed by atoms with Crippen LogP contribution in [-0.4, -0.2) is 34.0 Å². The van der Waals surface area contributed by atoms with E-state index in [4.69, 9.17) is 11.6 Å². The van der Waals surface area contributed by atoms with Gasteiger partial charge in [-0.3, -0.25) is 9.69 Å². The molecule has 0 fully saturated rings. The second-order valence-corrected chi connectivity index (χ2v) is 7.04. The van der Waals surface area contributed by atoms with Crippen molar-refractivity contribution in [3.63, 3.8) is 0 Å². The average molecular weight is 383 g/mol. The molecule has 0 bridgehead atoms. The van der Waals surface area contributed by atoms with E-state index in [-0.39, 0.29) is 11.9 Å². The van der Waals surface area contributed by atoms with Crippen molar-refractivity contribution in [2.24, 2.45) is 7.05 Å². The van der Waals surface area contributed by atoms with E-state index >= 15 is 0 Å². The van der Waals surface area contributed by atoms with Gasteiger partial charge >= 0.3 is 0 Å². The standard InChI is InChI=1S/C21H23ClN4O/c1-25(14-16-6-4-3-5-7-16)15-19(27)24-20(21-23-12-13-26(21)2)17-8-10-18(22)11-9-17/h3-13,20H,14-15H2,1-2H3,(H,24,27). The number of likely N-dealkylation sites (N-methyl/N-ethyl adjacent to an activating group) is 1. The van der Waals surface area contributed by atoms with Crippen LogP contribution in [0.5, 0.6) is 0 Å². The molecule has 1 atom stereocenters. The number of aryl methyl sites for hydroxylation is 1. The fraction of sp³-hybridized carbons (Fsp3) is 0.238. The number of amides is 1. The number of carbonyl (C=O) groups excluding carboxylic acids is 1. The van der Waals surface area contributed by atoms with Crippen LogP contribution in [0.1, 0.15) is 23.0 Å². The first-order valence-corrected chi connectivity index (χ1v) is 9.15. The molecule has 0 radical (unpaired) electrons. The maximum Gasteiger partial charge on any atom is 0.235 e. The number of imidazole rings is 1. The molecule has 1 N–H and O–H groups in total. The Balaban J connectivity index is 1.71. The molecule has 3 rings (SSSR count). The molecule has 1 unspecified atom stereocenters. The molecule has 140 valence electrons. The number of aromatic nitrogens is 2. The lowest BCUT2D eigenvalue weighted by atomic mass is 10.1. The van der Waals surface area contributed by atoms with Crippen LogP contribution in [0.25, 0.3) is 0 Å². The first kappa shape index (κ1) is 19.1. The molecule has 2 aromatic carbocycles. The highest BCUT2D eigenvalue weighted by atomic mass is 35.5. The van der Waals surface area contributed by atoms with Crippen molar-refractivity contribution in [3.8, 4) is 0 Å². The van der Waals surface area contributed by atoms with Crippen LogP contribution in [0.15, 0.2) is 67.0 Å². The van der Waals surface area contributed by atoms with Crippen LogP contribution in [0.3, 0.4) is 0 Å². The third-order valence-corrected chi connectivity index (χ3v) is 4.59. The number of benzene rings is 2. The van der Waals surface area contributed by atoms with E-state index in [1.807, 2.05) is 72.2 Å². The molecule has 0 aliphatic heterocycles. The van der Waals surface area contributed by atoms with E-state index in [1.165, 1.54) is 5.56 Å². The summed E-state index contributed by atoms with van der Waals surface area (Å²) in [4.78, 5) is 19.1. The summed E-state index contributed by atoms with van der Waals surface area (Å²) < 4.78 is 1.91. The van der Waals surface area contributed by atoms with Gasteiger partial charge in [-0.2, -0.15) is 0 Å².